The van der Waals surface area contributed by atoms with E-state index in [1.54, 1.807) is 17.0 Å². The van der Waals surface area contributed by atoms with Crippen molar-refractivity contribution in [2.75, 3.05) is 5.75 Å². The van der Waals surface area contributed by atoms with Crippen LogP contribution in [-0.4, -0.2) is 34.6 Å². The molecule has 0 aliphatic heterocycles. The Bertz CT molecular complexity index is 1170. The van der Waals surface area contributed by atoms with Crippen LogP contribution in [0.15, 0.2) is 83.3 Å². The zero-order chi connectivity index (χ0) is 26.7. The number of thioether (sulfide) groups is 1. The van der Waals surface area contributed by atoms with Crippen LogP contribution in [0.4, 0.5) is 4.39 Å². The molecule has 3 aromatic carbocycles. The lowest BCUT2D eigenvalue weighted by atomic mass is 9.94. The first-order valence-corrected chi connectivity index (χ1v) is 15.1. The quantitative estimate of drug-likeness (QED) is 0.261. The van der Waals surface area contributed by atoms with E-state index >= 15 is 0 Å². The average Bonchev–Trinajstić information content (AvgIpc) is 2.94. The lowest BCUT2D eigenvalue weighted by Gasteiger charge is -2.33. The molecule has 1 aliphatic rings. The van der Waals surface area contributed by atoms with Crippen molar-refractivity contribution in [3.05, 3.63) is 106 Å². The second-order valence-electron chi connectivity index (χ2n) is 9.82. The van der Waals surface area contributed by atoms with Gasteiger partial charge in [0, 0.05) is 29.2 Å². The van der Waals surface area contributed by atoms with Crippen molar-refractivity contribution in [1.82, 2.24) is 10.2 Å². The van der Waals surface area contributed by atoms with Crippen molar-refractivity contribution in [3.8, 4) is 0 Å². The van der Waals surface area contributed by atoms with Crippen molar-refractivity contribution in [2.45, 2.75) is 62.9 Å². The van der Waals surface area contributed by atoms with Gasteiger partial charge in [-0.2, -0.15) is 0 Å². The van der Waals surface area contributed by atoms with Crippen LogP contribution in [0.25, 0.3) is 0 Å². The summed E-state index contributed by atoms with van der Waals surface area (Å²) in [6, 6.07) is 23.5. The summed E-state index contributed by atoms with van der Waals surface area (Å²) in [5.41, 5.74) is 2.92. The summed E-state index contributed by atoms with van der Waals surface area (Å²) < 4.78 is 14.6. The highest BCUT2D eigenvalue weighted by Gasteiger charge is 2.31. The monoisotopic (exact) mass is 596 g/mol. The molecule has 1 fully saturated rings. The number of rotatable bonds is 11. The summed E-state index contributed by atoms with van der Waals surface area (Å²) in [4.78, 5) is 29.2. The topological polar surface area (TPSA) is 49.4 Å². The minimum Gasteiger partial charge on any atom is -0.352 e. The van der Waals surface area contributed by atoms with E-state index in [4.69, 9.17) is 0 Å². The standard InChI is InChI=1S/C31H34BrFN2O2S/c32-26-15-11-25(12-16-26)21-38-22-30(36)35(20-24-13-17-27(33)18-14-24)29(19-23-7-3-1-4-8-23)31(37)34-28-9-5-2-6-10-28/h1,3-4,7-8,11-18,28-29H,2,5-6,9-10,19-22H2,(H,34,37)/t29-/m0/s1. The number of nitrogens with zero attached hydrogens (tertiary/aromatic N) is 1. The van der Waals surface area contributed by atoms with E-state index in [1.165, 1.54) is 30.3 Å². The highest BCUT2D eigenvalue weighted by Crippen LogP contribution is 2.22. The number of benzene rings is 3. The second kappa shape index (κ2) is 14.5. The Hall–Kier alpha value is -2.64. The second-order valence-corrected chi connectivity index (χ2v) is 11.7. The summed E-state index contributed by atoms with van der Waals surface area (Å²) >= 11 is 4.99. The first-order valence-electron chi connectivity index (χ1n) is 13.2. The Balaban J connectivity index is 1.55. The number of hydrogen-bond donors (Lipinski definition) is 1. The molecule has 1 atom stereocenters. The molecular weight excluding hydrogens is 563 g/mol. The van der Waals surface area contributed by atoms with Crippen LogP contribution < -0.4 is 5.32 Å². The van der Waals surface area contributed by atoms with E-state index in [0.29, 0.717) is 12.2 Å². The van der Waals surface area contributed by atoms with Crippen LogP contribution in [-0.2, 0) is 28.3 Å². The molecule has 0 spiro atoms. The van der Waals surface area contributed by atoms with Crippen molar-refractivity contribution >= 4 is 39.5 Å². The van der Waals surface area contributed by atoms with Crippen LogP contribution in [0.5, 0.6) is 0 Å². The highest BCUT2D eigenvalue weighted by molar-refractivity contribution is 9.10. The minimum atomic E-state index is -0.662. The van der Waals surface area contributed by atoms with Gasteiger partial charge in [0.25, 0.3) is 0 Å². The predicted octanol–water partition coefficient (Wildman–Crippen LogP) is 6.91. The first kappa shape index (κ1) is 28.4. The Kier molecular flexibility index (Phi) is 10.8. The van der Waals surface area contributed by atoms with Crippen molar-refractivity contribution < 1.29 is 14.0 Å². The maximum atomic E-state index is 13.8. The third-order valence-electron chi connectivity index (χ3n) is 6.90. The third kappa shape index (κ3) is 8.70. The molecule has 0 aromatic heterocycles. The molecule has 3 aromatic rings. The predicted molar refractivity (Wildman–Crippen MR) is 156 cm³/mol. The third-order valence-corrected chi connectivity index (χ3v) is 8.41. The molecule has 0 heterocycles. The molecule has 38 heavy (non-hydrogen) atoms. The molecule has 1 N–H and O–H groups in total. The molecule has 7 heteroatoms. The fourth-order valence-corrected chi connectivity index (χ4v) is 5.94. The molecule has 1 saturated carbocycles. The van der Waals surface area contributed by atoms with Gasteiger partial charge >= 0.3 is 0 Å². The number of hydrogen-bond acceptors (Lipinski definition) is 3. The summed E-state index contributed by atoms with van der Waals surface area (Å²) in [6.45, 7) is 0.244. The molecule has 0 radical (unpaired) electrons. The van der Waals surface area contributed by atoms with Gasteiger partial charge in [0.2, 0.25) is 11.8 Å². The van der Waals surface area contributed by atoms with E-state index in [9.17, 15) is 14.0 Å². The summed E-state index contributed by atoms with van der Waals surface area (Å²) in [6.07, 6.45) is 5.78. The van der Waals surface area contributed by atoms with Gasteiger partial charge in [-0.1, -0.05) is 89.8 Å². The Labute approximate surface area is 237 Å². The zero-order valence-corrected chi connectivity index (χ0v) is 23.9. The van der Waals surface area contributed by atoms with Gasteiger partial charge in [0.15, 0.2) is 0 Å². The van der Waals surface area contributed by atoms with Crippen LogP contribution >= 0.6 is 27.7 Å². The first-order chi connectivity index (χ1) is 18.5. The molecule has 0 saturated heterocycles. The molecule has 4 rings (SSSR count). The smallest absolute Gasteiger partial charge is 0.243 e. The van der Waals surface area contributed by atoms with E-state index in [2.05, 4.69) is 21.2 Å². The Morgan fingerprint density at radius 1 is 0.895 bits per heavy atom. The van der Waals surface area contributed by atoms with Crippen molar-refractivity contribution in [3.63, 3.8) is 0 Å². The molecule has 200 valence electrons. The lowest BCUT2D eigenvalue weighted by molar-refractivity contribution is -0.139. The maximum Gasteiger partial charge on any atom is 0.243 e. The van der Waals surface area contributed by atoms with Crippen LogP contribution in [0.2, 0.25) is 0 Å². The number of carbonyl (C=O) groups excluding carboxylic acids is 2. The number of carbonyl (C=O) groups is 2. The van der Waals surface area contributed by atoms with Crippen LogP contribution in [0.3, 0.4) is 0 Å². The summed E-state index contributed by atoms with van der Waals surface area (Å²) in [5.74, 6) is 0.401. The van der Waals surface area contributed by atoms with E-state index in [-0.39, 0.29) is 36.0 Å². The van der Waals surface area contributed by atoms with Gasteiger partial charge in [0.05, 0.1) is 5.75 Å². The molecule has 4 nitrogen and oxygen atoms in total. The van der Waals surface area contributed by atoms with E-state index in [1.807, 2.05) is 54.6 Å². The molecule has 1 aliphatic carbocycles. The fourth-order valence-electron chi connectivity index (χ4n) is 4.80. The van der Waals surface area contributed by atoms with Gasteiger partial charge in [-0.3, -0.25) is 9.59 Å². The zero-order valence-electron chi connectivity index (χ0n) is 21.5. The van der Waals surface area contributed by atoms with Crippen molar-refractivity contribution in [2.24, 2.45) is 0 Å². The Morgan fingerprint density at radius 2 is 1.55 bits per heavy atom. The van der Waals surface area contributed by atoms with E-state index in [0.717, 1.165) is 46.8 Å². The Morgan fingerprint density at radius 3 is 2.24 bits per heavy atom. The fraction of sp³-hybridized carbons (Fsp3) is 0.355. The number of halogens is 2. The summed E-state index contributed by atoms with van der Waals surface area (Å²) in [7, 11) is 0. The van der Waals surface area contributed by atoms with Gasteiger partial charge in [0.1, 0.15) is 11.9 Å². The SMILES string of the molecule is O=C(NC1CCCCC1)[C@H](Cc1ccccc1)N(Cc1ccc(F)cc1)C(=O)CSCc1ccc(Br)cc1. The minimum absolute atomic E-state index is 0.101. The maximum absolute atomic E-state index is 13.8. The number of amides is 2. The van der Waals surface area contributed by atoms with Gasteiger partial charge < -0.3 is 10.2 Å². The van der Waals surface area contributed by atoms with E-state index < -0.39 is 6.04 Å². The van der Waals surface area contributed by atoms with Crippen LogP contribution in [0, 0.1) is 5.82 Å². The average molecular weight is 598 g/mol. The van der Waals surface area contributed by atoms with Crippen LogP contribution in [0.1, 0.15) is 48.8 Å². The highest BCUT2D eigenvalue weighted by atomic mass is 79.9. The molecule has 0 unspecified atom stereocenters. The van der Waals surface area contributed by atoms with Crippen molar-refractivity contribution in [1.29, 1.82) is 0 Å². The molecule has 2 amide bonds. The van der Waals surface area contributed by atoms with Gasteiger partial charge in [-0.15, -0.1) is 11.8 Å². The van der Waals surface area contributed by atoms with Gasteiger partial charge in [-0.05, 0) is 53.8 Å². The number of nitrogens with one attached hydrogen (secondary N) is 1. The molecular formula is C31H34BrFN2O2S. The lowest BCUT2D eigenvalue weighted by Crippen LogP contribution is -2.53. The summed E-state index contributed by atoms with van der Waals surface area (Å²) in [5, 5.41) is 3.25. The van der Waals surface area contributed by atoms with Gasteiger partial charge in [-0.25, -0.2) is 4.39 Å². The normalized spacial score (nSPS) is 14.6. The largest absolute Gasteiger partial charge is 0.352 e. The molecule has 0 bridgehead atoms.